The molecule has 0 radical (unpaired) electrons. The predicted molar refractivity (Wildman–Crippen MR) is 84.9 cm³/mol. The highest BCUT2D eigenvalue weighted by atomic mass is 32.2. The van der Waals surface area contributed by atoms with Crippen LogP contribution in [0, 0.1) is 0 Å². The van der Waals surface area contributed by atoms with E-state index in [-0.39, 0.29) is 4.90 Å². The van der Waals surface area contributed by atoms with Crippen LogP contribution in [0.2, 0.25) is 0 Å². The third-order valence-corrected chi connectivity index (χ3v) is 4.98. The van der Waals surface area contributed by atoms with Gasteiger partial charge in [-0.15, -0.1) is 0 Å². The lowest BCUT2D eigenvalue weighted by Gasteiger charge is -2.13. The van der Waals surface area contributed by atoms with Crippen molar-refractivity contribution in [1.29, 1.82) is 0 Å². The van der Waals surface area contributed by atoms with Crippen molar-refractivity contribution in [1.82, 2.24) is 4.31 Å². The molecule has 0 fully saturated rings. The molecule has 2 rings (SSSR count). The van der Waals surface area contributed by atoms with E-state index in [1.807, 2.05) is 24.3 Å². The van der Waals surface area contributed by atoms with Crippen LogP contribution in [-0.2, 0) is 16.6 Å². The van der Waals surface area contributed by atoms with Gasteiger partial charge in [-0.2, -0.15) is 0 Å². The predicted octanol–water partition coefficient (Wildman–Crippen LogP) is 2.14. The van der Waals surface area contributed by atoms with Gasteiger partial charge < -0.3 is 11.1 Å². The maximum atomic E-state index is 12.0. The van der Waals surface area contributed by atoms with Crippen molar-refractivity contribution in [3.63, 3.8) is 0 Å². The Kier molecular flexibility index (Phi) is 4.62. The largest absolute Gasteiger partial charge is 0.355 e. The summed E-state index contributed by atoms with van der Waals surface area (Å²) in [5.41, 5.74) is 8.43. The zero-order chi connectivity index (χ0) is 15.5. The fourth-order valence-corrected chi connectivity index (χ4v) is 2.80. The smallest absolute Gasteiger partial charge is 0.242 e. The van der Waals surface area contributed by atoms with E-state index in [2.05, 4.69) is 5.32 Å². The van der Waals surface area contributed by atoms with Gasteiger partial charge in [-0.05, 0) is 35.9 Å². The maximum absolute atomic E-state index is 12.0. The molecule has 0 heterocycles. The molecule has 0 unspecified atom stereocenters. The Bertz CT molecular complexity index is 710. The van der Waals surface area contributed by atoms with Crippen molar-refractivity contribution in [3.05, 3.63) is 54.1 Å². The normalized spacial score (nSPS) is 11.6. The molecular weight excluding hydrogens is 286 g/mol. The van der Waals surface area contributed by atoms with Crippen LogP contribution in [0.1, 0.15) is 5.56 Å². The first kappa shape index (κ1) is 15.5. The van der Waals surface area contributed by atoms with Gasteiger partial charge in [0.1, 0.15) is 0 Å². The summed E-state index contributed by atoms with van der Waals surface area (Å²) in [6, 6.07) is 14.4. The summed E-state index contributed by atoms with van der Waals surface area (Å²) in [5.74, 6) is 0. The topological polar surface area (TPSA) is 75.4 Å². The number of nitrogens with zero attached hydrogens (tertiary/aromatic N) is 1. The summed E-state index contributed by atoms with van der Waals surface area (Å²) in [6.07, 6.45) is 0. The molecule has 112 valence electrons. The highest BCUT2D eigenvalue weighted by molar-refractivity contribution is 7.89. The van der Waals surface area contributed by atoms with Gasteiger partial charge in [-0.3, -0.25) is 0 Å². The summed E-state index contributed by atoms with van der Waals surface area (Å²) in [6.45, 7) is 0.441. The molecule has 0 bridgehead atoms. The second-order valence-corrected chi connectivity index (χ2v) is 6.95. The van der Waals surface area contributed by atoms with Crippen molar-refractivity contribution in [2.45, 2.75) is 11.4 Å². The zero-order valence-electron chi connectivity index (χ0n) is 12.1. The summed E-state index contributed by atoms with van der Waals surface area (Å²) < 4.78 is 25.2. The number of hydrogen-bond donors (Lipinski definition) is 2. The third-order valence-electron chi connectivity index (χ3n) is 3.15. The number of nitrogens with one attached hydrogen (secondary N) is 1. The third kappa shape index (κ3) is 3.41. The molecule has 0 aliphatic rings. The average molecular weight is 305 g/mol. The Balaban J connectivity index is 2.24. The fraction of sp³-hybridized carbons (Fsp3) is 0.200. The zero-order valence-corrected chi connectivity index (χ0v) is 12.9. The SMILES string of the molecule is CN(C)S(=O)(=O)c1ccc(Nc2ccccc2CN)cc1. The van der Waals surface area contributed by atoms with Gasteiger partial charge in [0.2, 0.25) is 10.0 Å². The Morgan fingerprint density at radius 1 is 1.05 bits per heavy atom. The minimum Gasteiger partial charge on any atom is -0.355 e. The van der Waals surface area contributed by atoms with E-state index in [1.165, 1.54) is 18.4 Å². The van der Waals surface area contributed by atoms with E-state index >= 15 is 0 Å². The number of anilines is 2. The first-order chi connectivity index (χ1) is 9.95. The lowest BCUT2D eigenvalue weighted by atomic mass is 10.1. The Labute approximate surface area is 125 Å². The first-order valence-electron chi connectivity index (χ1n) is 6.52. The van der Waals surface area contributed by atoms with Gasteiger partial charge in [0.05, 0.1) is 4.90 Å². The molecule has 0 aromatic heterocycles. The molecule has 0 spiro atoms. The van der Waals surface area contributed by atoms with E-state index in [1.54, 1.807) is 24.3 Å². The molecule has 21 heavy (non-hydrogen) atoms. The van der Waals surface area contributed by atoms with Gasteiger partial charge in [0.15, 0.2) is 0 Å². The van der Waals surface area contributed by atoms with Crippen molar-refractivity contribution in [2.75, 3.05) is 19.4 Å². The number of para-hydroxylation sites is 1. The summed E-state index contributed by atoms with van der Waals surface area (Å²) in [4.78, 5) is 0.269. The second-order valence-electron chi connectivity index (χ2n) is 4.80. The van der Waals surface area contributed by atoms with Crippen LogP contribution in [0.4, 0.5) is 11.4 Å². The molecule has 2 aromatic rings. The number of rotatable bonds is 5. The molecule has 0 amide bonds. The van der Waals surface area contributed by atoms with Gasteiger partial charge in [0, 0.05) is 32.0 Å². The van der Waals surface area contributed by atoms with E-state index < -0.39 is 10.0 Å². The van der Waals surface area contributed by atoms with E-state index in [9.17, 15) is 8.42 Å². The highest BCUT2D eigenvalue weighted by Crippen LogP contribution is 2.22. The molecule has 5 nitrogen and oxygen atoms in total. The lowest BCUT2D eigenvalue weighted by molar-refractivity contribution is 0.521. The molecule has 0 saturated heterocycles. The fourth-order valence-electron chi connectivity index (χ4n) is 1.90. The van der Waals surface area contributed by atoms with Crippen molar-refractivity contribution in [3.8, 4) is 0 Å². The van der Waals surface area contributed by atoms with E-state index in [4.69, 9.17) is 5.73 Å². The van der Waals surface area contributed by atoms with Crippen molar-refractivity contribution < 1.29 is 8.42 Å². The van der Waals surface area contributed by atoms with Gasteiger partial charge in [0.25, 0.3) is 0 Å². The Morgan fingerprint density at radius 3 is 2.24 bits per heavy atom. The summed E-state index contributed by atoms with van der Waals surface area (Å²) in [5, 5.41) is 3.24. The van der Waals surface area contributed by atoms with Crippen LogP contribution < -0.4 is 11.1 Å². The minimum absolute atomic E-state index is 0.269. The molecule has 0 aliphatic heterocycles. The molecule has 0 aliphatic carbocycles. The molecule has 0 atom stereocenters. The van der Waals surface area contributed by atoms with Gasteiger partial charge in [-0.1, -0.05) is 18.2 Å². The minimum atomic E-state index is -3.39. The quantitative estimate of drug-likeness (QED) is 0.887. The van der Waals surface area contributed by atoms with Crippen LogP contribution in [0.3, 0.4) is 0 Å². The van der Waals surface area contributed by atoms with Crippen LogP contribution in [0.5, 0.6) is 0 Å². The summed E-state index contributed by atoms with van der Waals surface area (Å²) in [7, 11) is -0.368. The van der Waals surface area contributed by atoms with E-state index in [0.29, 0.717) is 6.54 Å². The Hall–Kier alpha value is -1.89. The Morgan fingerprint density at radius 2 is 1.67 bits per heavy atom. The van der Waals surface area contributed by atoms with Gasteiger partial charge in [-0.25, -0.2) is 12.7 Å². The molecule has 3 N–H and O–H groups in total. The molecule has 2 aromatic carbocycles. The van der Waals surface area contributed by atoms with Crippen LogP contribution in [0.15, 0.2) is 53.4 Å². The lowest BCUT2D eigenvalue weighted by Crippen LogP contribution is -2.22. The van der Waals surface area contributed by atoms with Crippen molar-refractivity contribution >= 4 is 21.4 Å². The van der Waals surface area contributed by atoms with Crippen LogP contribution >= 0.6 is 0 Å². The second kappa shape index (κ2) is 6.26. The highest BCUT2D eigenvalue weighted by Gasteiger charge is 2.16. The average Bonchev–Trinajstić information content (AvgIpc) is 2.48. The molecule has 6 heteroatoms. The number of sulfonamides is 1. The number of nitrogens with two attached hydrogens (primary N) is 1. The van der Waals surface area contributed by atoms with Crippen molar-refractivity contribution in [2.24, 2.45) is 5.73 Å². The standard InChI is InChI=1S/C15H19N3O2S/c1-18(2)21(19,20)14-9-7-13(8-10-14)17-15-6-4-3-5-12(15)11-16/h3-10,17H,11,16H2,1-2H3. The van der Waals surface area contributed by atoms with Crippen LogP contribution in [0.25, 0.3) is 0 Å². The molecule has 0 saturated carbocycles. The number of benzene rings is 2. The first-order valence-corrected chi connectivity index (χ1v) is 7.97. The molecular formula is C15H19N3O2S. The van der Waals surface area contributed by atoms with Crippen LogP contribution in [-0.4, -0.2) is 26.8 Å². The maximum Gasteiger partial charge on any atom is 0.242 e. The van der Waals surface area contributed by atoms with E-state index in [0.717, 1.165) is 16.9 Å². The monoisotopic (exact) mass is 305 g/mol. The van der Waals surface area contributed by atoms with Gasteiger partial charge >= 0.3 is 0 Å². The number of hydrogen-bond acceptors (Lipinski definition) is 4. The summed E-state index contributed by atoms with van der Waals surface area (Å²) >= 11 is 0.